The quantitative estimate of drug-likeness (QED) is 0.567. The molecule has 0 fully saturated rings. The molecule has 0 spiro atoms. The zero-order valence-electron chi connectivity index (χ0n) is 15.4. The van der Waals surface area contributed by atoms with Gasteiger partial charge in [-0.15, -0.1) is 0 Å². The molecule has 1 aliphatic rings. The molecule has 1 aromatic rings. The Labute approximate surface area is 155 Å². The number of sulfonamides is 1. The molecule has 1 atom stereocenters. The average Bonchev–Trinajstić information content (AvgIpc) is 2.62. The molecule has 0 amide bonds. The Bertz CT molecular complexity index is 772. The third-order valence-corrected chi connectivity index (χ3v) is 6.16. The van der Waals surface area contributed by atoms with Gasteiger partial charge in [0.1, 0.15) is 4.90 Å². The predicted octanol–water partition coefficient (Wildman–Crippen LogP) is 3.76. The molecule has 3 N–H and O–H groups in total. The second-order valence-corrected chi connectivity index (χ2v) is 8.46. The third kappa shape index (κ3) is 5.57. The van der Waals surface area contributed by atoms with Gasteiger partial charge in [-0.25, -0.2) is 17.9 Å². The number of hydrogen-bond acceptors (Lipinski definition) is 4. The van der Waals surface area contributed by atoms with E-state index in [4.69, 9.17) is 0 Å². The number of aromatic carboxylic acids is 1. The Kier molecular flexibility index (Phi) is 7.23. The van der Waals surface area contributed by atoms with Gasteiger partial charge >= 0.3 is 5.97 Å². The Balaban J connectivity index is 2.19. The largest absolute Gasteiger partial charge is 0.478 e. The Hall–Kier alpha value is -1.86. The SMILES string of the molecule is CCC(C)Nc1ccc(C(=O)O)cc1S(=O)(=O)NCCC1=CCCCC1. The van der Waals surface area contributed by atoms with Crippen molar-refractivity contribution >= 4 is 21.7 Å². The summed E-state index contributed by atoms with van der Waals surface area (Å²) in [4.78, 5) is 11.2. The molecule has 0 aromatic heterocycles. The van der Waals surface area contributed by atoms with E-state index >= 15 is 0 Å². The lowest BCUT2D eigenvalue weighted by Crippen LogP contribution is -2.27. The van der Waals surface area contributed by atoms with Gasteiger partial charge in [0.2, 0.25) is 10.0 Å². The van der Waals surface area contributed by atoms with Crippen LogP contribution in [0.25, 0.3) is 0 Å². The zero-order chi connectivity index (χ0) is 19.2. The number of benzene rings is 1. The monoisotopic (exact) mass is 380 g/mol. The maximum Gasteiger partial charge on any atom is 0.335 e. The van der Waals surface area contributed by atoms with Crippen molar-refractivity contribution in [2.75, 3.05) is 11.9 Å². The zero-order valence-corrected chi connectivity index (χ0v) is 16.2. The lowest BCUT2D eigenvalue weighted by molar-refractivity contribution is 0.0696. The highest BCUT2D eigenvalue weighted by molar-refractivity contribution is 7.89. The normalized spacial score (nSPS) is 16.0. The van der Waals surface area contributed by atoms with Crippen LogP contribution in [0.2, 0.25) is 0 Å². The highest BCUT2D eigenvalue weighted by Crippen LogP contribution is 2.25. The van der Waals surface area contributed by atoms with E-state index in [9.17, 15) is 18.3 Å². The van der Waals surface area contributed by atoms with Crippen molar-refractivity contribution in [1.29, 1.82) is 0 Å². The van der Waals surface area contributed by atoms with Crippen LogP contribution in [0, 0.1) is 0 Å². The highest BCUT2D eigenvalue weighted by Gasteiger charge is 2.21. The maximum absolute atomic E-state index is 12.8. The molecule has 1 aliphatic carbocycles. The number of carbonyl (C=O) groups is 1. The van der Waals surface area contributed by atoms with Crippen molar-refractivity contribution in [1.82, 2.24) is 4.72 Å². The Morgan fingerprint density at radius 3 is 2.69 bits per heavy atom. The smallest absolute Gasteiger partial charge is 0.335 e. The molecule has 0 bridgehead atoms. The molecule has 7 heteroatoms. The second-order valence-electron chi connectivity index (χ2n) is 6.73. The van der Waals surface area contributed by atoms with Crippen LogP contribution < -0.4 is 10.0 Å². The average molecular weight is 381 g/mol. The van der Waals surface area contributed by atoms with Gasteiger partial charge in [0, 0.05) is 12.6 Å². The number of rotatable bonds is 9. The van der Waals surface area contributed by atoms with Crippen LogP contribution in [-0.4, -0.2) is 32.1 Å². The number of nitrogens with one attached hydrogen (secondary N) is 2. The number of hydrogen-bond donors (Lipinski definition) is 3. The summed E-state index contributed by atoms with van der Waals surface area (Å²) in [6.07, 6.45) is 8.14. The van der Waals surface area contributed by atoms with E-state index in [1.165, 1.54) is 30.2 Å². The molecular weight excluding hydrogens is 352 g/mol. The Morgan fingerprint density at radius 2 is 2.08 bits per heavy atom. The van der Waals surface area contributed by atoms with E-state index in [1.54, 1.807) is 0 Å². The standard InChI is InChI=1S/C19H28N2O4S/c1-3-14(2)21-17-10-9-16(19(22)23)13-18(17)26(24,25)20-12-11-15-7-5-4-6-8-15/h7,9-10,13-14,20-21H,3-6,8,11-12H2,1-2H3,(H,22,23). The molecule has 0 heterocycles. The van der Waals surface area contributed by atoms with Crippen LogP contribution in [0.15, 0.2) is 34.7 Å². The topological polar surface area (TPSA) is 95.5 Å². The fourth-order valence-corrected chi connectivity index (χ4v) is 4.14. The molecule has 2 rings (SSSR count). The first-order valence-electron chi connectivity index (χ1n) is 9.15. The fourth-order valence-electron chi connectivity index (χ4n) is 2.92. The van der Waals surface area contributed by atoms with Gasteiger partial charge in [0.15, 0.2) is 0 Å². The molecular formula is C19H28N2O4S. The maximum atomic E-state index is 12.8. The van der Waals surface area contributed by atoms with Crippen LogP contribution in [0.3, 0.4) is 0 Å². The van der Waals surface area contributed by atoms with Gasteiger partial charge in [0.05, 0.1) is 11.3 Å². The highest BCUT2D eigenvalue weighted by atomic mass is 32.2. The van der Waals surface area contributed by atoms with Crippen LogP contribution >= 0.6 is 0 Å². The lowest BCUT2D eigenvalue weighted by Gasteiger charge is -2.18. The molecule has 0 aliphatic heterocycles. The molecule has 1 unspecified atom stereocenters. The molecule has 144 valence electrons. The van der Waals surface area contributed by atoms with Crippen LogP contribution in [0.5, 0.6) is 0 Å². The van der Waals surface area contributed by atoms with Crippen LogP contribution in [-0.2, 0) is 10.0 Å². The minimum Gasteiger partial charge on any atom is -0.478 e. The number of carboxylic acid groups (broad SMARTS) is 1. The van der Waals surface area contributed by atoms with Crippen molar-refractivity contribution < 1.29 is 18.3 Å². The van der Waals surface area contributed by atoms with E-state index in [0.717, 1.165) is 25.7 Å². The van der Waals surface area contributed by atoms with Crippen molar-refractivity contribution in [2.45, 2.75) is 63.3 Å². The first-order valence-corrected chi connectivity index (χ1v) is 10.6. The third-order valence-electron chi connectivity index (χ3n) is 4.66. The minimum absolute atomic E-state index is 0.0182. The summed E-state index contributed by atoms with van der Waals surface area (Å²) in [6.45, 7) is 4.26. The molecule has 26 heavy (non-hydrogen) atoms. The summed E-state index contributed by atoms with van der Waals surface area (Å²) >= 11 is 0. The van der Waals surface area contributed by atoms with E-state index in [2.05, 4.69) is 16.1 Å². The van der Waals surface area contributed by atoms with Gasteiger partial charge in [-0.2, -0.15) is 0 Å². The van der Waals surface area contributed by atoms with Gasteiger partial charge in [-0.3, -0.25) is 0 Å². The van der Waals surface area contributed by atoms with Crippen LogP contribution in [0.4, 0.5) is 5.69 Å². The van der Waals surface area contributed by atoms with Gasteiger partial charge in [-0.1, -0.05) is 18.6 Å². The number of allylic oxidation sites excluding steroid dienone is 1. The Morgan fingerprint density at radius 1 is 1.31 bits per heavy atom. The second kappa shape index (κ2) is 9.19. The van der Waals surface area contributed by atoms with Gasteiger partial charge < -0.3 is 10.4 Å². The van der Waals surface area contributed by atoms with Gasteiger partial charge in [-0.05, 0) is 63.6 Å². The number of anilines is 1. The molecule has 1 aromatic carbocycles. The van der Waals surface area contributed by atoms with Gasteiger partial charge in [0.25, 0.3) is 0 Å². The molecule has 6 nitrogen and oxygen atoms in total. The lowest BCUT2D eigenvalue weighted by atomic mass is 9.97. The molecule has 0 saturated carbocycles. The van der Waals surface area contributed by atoms with Crippen molar-refractivity contribution in [3.05, 3.63) is 35.4 Å². The number of carboxylic acids is 1. The van der Waals surface area contributed by atoms with Crippen LogP contribution in [0.1, 0.15) is 62.7 Å². The summed E-state index contributed by atoms with van der Waals surface area (Å²) in [6, 6.07) is 4.23. The van der Waals surface area contributed by atoms with E-state index in [-0.39, 0.29) is 16.5 Å². The fraction of sp³-hybridized carbons (Fsp3) is 0.526. The van der Waals surface area contributed by atoms with Crippen molar-refractivity contribution in [3.8, 4) is 0 Å². The summed E-state index contributed by atoms with van der Waals surface area (Å²) in [5, 5.41) is 12.3. The van der Waals surface area contributed by atoms with Crippen molar-refractivity contribution in [2.24, 2.45) is 0 Å². The molecule has 0 saturated heterocycles. The summed E-state index contributed by atoms with van der Waals surface area (Å²) in [7, 11) is -3.80. The predicted molar refractivity (Wildman–Crippen MR) is 103 cm³/mol. The summed E-state index contributed by atoms with van der Waals surface area (Å²) in [5.74, 6) is -1.15. The minimum atomic E-state index is -3.80. The first-order chi connectivity index (χ1) is 12.3. The van der Waals surface area contributed by atoms with E-state index < -0.39 is 16.0 Å². The summed E-state index contributed by atoms with van der Waals surface area (Å²) in [5.41, 5.74) is 1.67. The van der Waals surface area contributed by atoms with Crippen molar-refractivity contribution in [3.63, 3.8) is 0 Å². The van der Waals surface area contributed by atoms with E-state index in [1.807, 2.05) is 13.8 Å². The first kappa shape index (κ1) is 20.5. The van der Waals surface area contributed by atoms with E-state index in [0.29, 0.717) is 18.7 Å². The summed E-state index contributed by atoms with van der Waals surface area (Å²) < 4.78 is 28.2. The molecule has 0 radical (unpaired) electrons.